The quantitative estimate of drug-likeness (QED) is 0.819. The first kappa shape index (κ1) is 13.6. The minimum atomic E-state index is -0.360. The molecule has 0 aliphatic rings. The van der Waals surface area contributed by atoms with Gasteiger partial charge in [0.05, 0.1) is 13.0 Å². The summed E-state index contributed by atoms with van der Waals surface area (Å²) in [5, 5.41) is 8.86. The minimum Gasteiger partial charge on any atom is -0.395 e. The molecule has 94 valence electrons. The van der Waals surface area contributed by atoms with Gasteiger partial charge >= 0.3 is 0 Å². The molecule has 17 heavy (non-hydrogen) atoms. The molecule has 0 saturated carbocycles. The monoisotopic (exact) mass is 239 g/mol. The Balaban J connectivity index is 2.66. The average Bonchev–Trinajstić information content (AvgIpc) is 2.32. The lowest BCUT2D eigenvalue weighted by molar-refractivity contribution is -0.131. The van der Waals surface area contributed by atoms with Crippen LogP contribution in [0.1, 0.15) is 18.9 Å². The molecule has 1 rings (SSSR count). The molecule has 1 amide bonds. The van der Waals surface area contributed by atoms with Gasteiger partial charge in [-0.25, -0.2) is 4.39 Å². The number of amides is 1. The highest BCUT2D eigenvalue weighted by atomic mass is 19.1. The Bertz CT molecular complexity index is 362. The molecule has 0 heterocycles. The van der Waals surface area contributed by atoms with Gasteiger partial charge in [-0.1, -0.05) is 25.1 Å². The normalized spacial score (nSPS) is 10.3. The van der Waals surface area contributed by atoms with Crippen molar-refractivity contribution in [1.29, 1.82) is 0 Å². The van der Waals surface area contributed by atoms with Crippen molar-refractivity contribution in [1.82, 2.24) is 4.90 Å². The molecule has 1 aromatic rings. The van der Waals surface area contributed by atoms with Crippen LogP contribution in [0.2, 0.25) is 0 Å². The van der Waals surface area contributed by atoms with Gasteiger partial charge in [0.15, 0.2) is 0 Å². The van der Waals surface area contributed by atoms with Crippen LogP contribution in [0.3, 0.4) is 0 Å². The Hall–Kier alpha value is -1.42. The van der Waals surface area contributed by atoms with Gasteiger partial charge < -0.3 is 10.0 Å². The van der Waals surface area contributed by atoms with Crippen molar-refractivity contribution in [2.75, 3.05) is 19.7 Å². The number of aliphatic hydroxyl groups is 1. The number of hydrogen-bond acceptors (Lipinski definition) is 2. The zero-order valence-electron chi connectivity index (χ0n) is 10.0. The van der Waals surface area contributed by atoms with Crippen LogP contribution in [-0.2, 0) is 11.2 Å². The van der Waals surface area contributed by atoms with Crippen molar-refractivity contribution in [3.05, 3.63) is 35.6 Å². The van der Waals surface area contributed by atoms with Crippen LogP contribution in [0.15, 0.2) is 24.3 Å². The molecule has 0 atom stereocenters. The average molecular weight is 239 g/mol. The summed E-state index contributed by atoms with van der Waals surface area (Å²) < 4.78 is 13.4. The number of benzene rings is 1. The van der Waals surface area contributed by atoms with Crippen molar-refractivity contribution in [2.45, 2.75) is 19.8 Å². The van der Waals surface area contributed by atoms with Crippen molar-refractivity contribution in [3.63, 3.8) is 0 Å². The standard InChI is InChI=1S/C13H18FNO2/c1-2-7-15(8-9-16)13(17)10-11-5-3-4-6-12(11)14/h3-6,16H,2,7-10H2,1H3. The zero-order chi connectivity index (χ0) is 12.7. The van der Waals surface area contributed by atoms with Crippen LogP contribution in [0.5, 0.6) is 0 Å². The van der Waals surface area contributed by atoms with Crippen molar-refractivity contribution in [2.24, 2.45) is 0 Å². The van der Waals surface area contributed by atoms with E-state index < -0.39 is 0 Å². The number of halogens is 1. The Morgan fingerprint density at radius 1 is 1.35 bits per heavy atom. The lowest BCUT2D eigenvalue weighted by Crippen LogP contribution is -2.35. The summed E-state index contributed by atoms with van der Waals surface area (Å²) in [6, 6.07) is 6.26. The maximum atomic E-state index is 13.4. The van der Waals surface area contributed by atoms with Gasteiger partial charge in [0.1, 0.15) is 5.82 Å². The summed E-state index contributed by atoms with van der Waals surface area (Å²) in [4.78, 5) is 13.5. The maximum Gasteiger partial charge on any atom is 0.227 e. The Kier molecular flexibility index (Phi) is 5.63. The SMILES string of the molecule is CCCN(CCO)C(=O)Cc1ccccc1F. The highest BCUT2D eigenvalue weighted by Gasteiger charge is 2.14. The first-order valence-corrected chi connectivity index (χ1v) is 5.81. The van der Waals surface area contributed by atoms with Gasteiger partial charge in [-0.3, -0.25) is 4.79 Å². The van der Waals surface area contributed by atoms with E-state index in [1.807, 2.05) is 6.92 Å². The van der Waals surface area contributed by atoms with Gasteiger partial charge in [0.2, 0.25) is 5.91 Å². The van der Waals surface area contributed by atoms with E-state index in [0.29, 0.717) is 18.7 Å². The second-order valence-electron chi connectivity index (χ2n) is 3.87. The van der Waals surface area contributed by atoms with Crippen LogP contribution in [0.4, 0.5) is 4.39 Å². The zero-order valence-corrected chi connectivity index (χ0v) is 10.0. The smallest absolute Gasteiger partial charge is 0.227 e. The number of rotatable bonds is 6. The van der Waals surface area contributed by atoms with Crippen molar-refractivity contribution >= 4 is 5.91 Å². The molecular formula is C13H18FNO2. The highest BCUT2D eigenvalue weighted by molar-refractivity contribution is 5.78. The fourth-order valence-corrected chi connectivity index (χ4v) is 1.67. The summed E-state index contributed by atoms with van der Waals surface area (Å²) in [7, 11) is 0. The molecule has 4 heteroatoms. The number of carbonyl (C=O) groups is 1. The molecule has 0 aliphatic heterocycles. The van der Waals surface area contributed by atoms with E-state index in [0.717, 1.165) is 6.42 Å². The molecule has 3 nitrogen and oxygen atoms in total. The summed E-state index contributed by atoms with van der Waals surface area (Å²) in [5.41, 5.74) is 0.400. The van der Waals surface area contributed by atoms with E-state index in [4.69, 9.17) is 5.11 Å². The summed E-state index contributed by atoms with van der Waals surface area (Å²) in [6.07, 6.45) is 0.871. The molecule has 1 aromatic carbocycles. The Morgan fingerprint density at radius 2 is 2.06 bits per heavy atom. The van der Waals surface area contributed by atoms with E-state index in [-0.39, 0.29) is 24.8 Å². The molecular weight excluding hydrogens is 221 g/mol. The predicted molar refractivity (Wildman–Crippen MR) is 64.1 cm³/mol. The largest absolute Gasteiger partial charge is 0.395 e. The first-order valence-electron chi connectivity index (χ1n) is 5.81. The van der Waals surface area contributed by atoms with E-state index in [1.54, 1.807) is 23.1 Å². The van der Waals surface area contributed by atoms with Crippen LogP contribution in [0.25, 0.3) is 0 Å². The third kappa shape index (κ3) is 4.15. The van der Waals surface area contributed by atoms with E-state index in [2.05, 4.69) is 0 Å². The topological polar surface area (TPSA) is 40.5 Å². The fraction of sp³-hybridized carbons (Fsp3) is 0.462. The van der Waals surface area contributed by atoms with Crippen LogP contribution in [0, 0.1) is 5.82 Å². The molecule has 0 saturated heterocycles. The summed E-state index contributed by atoms with van der Waals surface area (Å²) in [5.74, 6) is -0.507. The second-order valence-corrected chi connectivity index (χ2v) is 3.87. The summed E-state index contributed by atoms with van der Waals surface area (Å²) >= 11 is 0. The van der Waals surface area contributed by atoms with Gasteiger partial charge in [0.25, 0.3) is 0 Å². The summed E-state index contributed by atoms with van der Waals surface area (Å²) in [6.45, 7) is 2.79. The molecule has 0 unspecified atom stereocenters. The molecule has 0 radical (unpaired) electrons. The van der Waals surface area contributed by atoms with Crippen molar-refractivity contribution in [3.8, 4) is 0 Å². The lowest BCUT2D eigenvalue weighted by atomic mass is 10.1. The van der Waals surface area contributed by atoms with E-state index >= 15 is 0 Å². The van der Waals surface area contributed by atoms with Gasteiger partial charge in [0, 0.05) is 13.1 Å². The molecule has 1 N–H and O–H groups in total. The number of nitrogens with zero attached hydrogens (tertiary/aromatic N) is 1. The van der Waals surface area contributed by atoms with E-state index in [1.165, 1.54) is 6.07 Å². The fourth-order valence-electron chi connectivity index (χ4n) is 1.67. The highest BCUT2D eigenvalue weighted by Crippen LogP contribution is 2.09. The minimum absolute atomic E-state index is 0.0483. The van der Waals surface area contributed by atoms with Crippen LogP contribution >= 0.6 is 0 Å². The van der Waals surface area contributed by atoms with Gasteiger partial charge in [-0.15, -0.1) is 0 Å². The first-order chi connectivity index (χ1) is 8.19. The molecule has 0 fully saturated rings. The number of carbonyl (C=O) groups excluding carboxylic acids is 1. The van der Waals surface area contributed by atoms with Gasteiger partial charge in [-0.2, -0.15) is 0 Å². The lowest BCUT2D eigenvalue weighted by Gasteiger charge is -2.21. The van der Waals surface area contributed by atoms with Gasteiger partial charge in [-0.05, 0) is 18.1 Å². The molecule has 0 spiro atoms. The van der Waals surface area contributed by atoms with Crippen molar-refractivity contribution < 1.29 is 14.3 Å². The number of hydrogen-bond donors (Lipinski definition) is 1. The Labute approximate surface area is 101 Å². The molecule has 0 bridgehead atoms. The maximum absolute atomic E-state index is 13.4. The van der Waals surface area contributed by atoms with Crippen LogP contribution < -0.4 is 0 Å². The Morgan fingerprint density at radius 3 is 2.65 bits per heavy atom. The number of aliphatic hydroxyl groups excluding tert-OH is 1. The third-order valence-electron chi connectivity index (χ3n) is 2.52. The van der Waals surface area contributed by atoms with Crippen LogP contribution in [-0.4, -0.2) is 35.6 Å². The second kappa shape index (κ2) is 7.01. The molecule has 0 aromatic heterocycles. The third-order valence-corrected chi connectivity index (χ3v) is 2.52. The molecule has 0 aliphatic carbocycles. The van der Waals surface area contributed by atoms with E-state index in [9.17, 15) is 9.18 Å². The predicted octanol–water partition coefficient (Wildman–Crippen LogP) is 1.60.